The van der Waals surface area contributed by atoms with Crippen LogP contribution in [0.1, 0.15) is 12.8 Å². The molecule has 3 rings (SSSR count). The normalized spacial score (nSPS) is 21.1. The maximum absolute atomic E-state index is 12.8. The van der Waals surface area contributed by atoms with E-state index >= 15 is 0 Å². The van der Waals surface area contributed by atoms with Crippen LogP contribution < -0.4 is 5.73 Å². The van der Waals surface area contributed by atoms with Crippen molar-refractivity contribution >= 4 is 20.9 Å². The van der Waals surface area contributed by atoms with Crippen molar-refractivity contribution in [3.8, 4) is 0 Å². The third-order valence-corrected chi connectivity index (χ3v) is 5.57. The van der Waals surface area contributed by atoms with Gasteiger partial charge in [0.25, 0.3) is 0 Å². The van der Waals surface area contributed by atoms with Crippen molar-refractivity contribution in [2.75, 3.05) is 13.1 Å². The summed E-state index contributed by atoms with van der Waals surface area (Å²) in [7, 11) is -3.51. The molecule has 2 heterocycles. The first-order valence-electron chi connectivity index (χ1n) is 6.68. The number of piperidine rings is 1. The number of rotatable bonds is 2. The SMILES string of the molecule is N[C@@H]1CCCN(S(=O)(=O)c2cccc3ncccc23)C1. The van der Waals surface area contributed by atoms with Crippen molar-refractivity contribution in [3.63, 3.8) is 0 Å². The number of pyridine rings is 1. The van der Waals surface area contributed by atoms with Crippen molar-refractivity contribution in [2.24, 2.45) is 5.73 Å². The van der Waals surface area contributed by atoms with Crippen molar-refractivity contribution < 1.29 is 8.42 Å². The second-order valence-electron chi connectivity index (χ2n) is 5.09. The topological polar surface area (TPSA) is 76.3 Å². The van der Waals surface area contributed by atoms with Gasteiger partial charge in [-0.25, -0.2) is 8.42 Å². The van der Waals surface area contributed by atoms with Crippen LogP contribution in [0.25, 0.3) is 10.9 Å². The van der Waals surface area contributed by atoms with Crippen LogP contribution in [0.4, 0.5) is 0 Å². The van der Waals surface area contributed by atoms with Gasteiger partial charge in [-0.05, 0) is 37.1 Å². The molecule has 1 aromatic carbocycles. The molecule has 0 radical (unpaired) electrons. The first-order chi connectivity index (χ1) is 9.59. The molecule has 20 heavy (non-hydrogen) atoms. The van der Waals surface area contributed by atoms with Gasteiger partial charge in [-0.2, -0.15) is 4.31 Å². The van der Waals surface area contributed by atoms with Gasteiger partial charge in [0, 0.05) is 30.7 Å². The van der Waals surface area contributed by atoms with E-state index in [9.17, 15) is 8.42 Å². The Labute approximate surface area is 118 Å². The van der Waals surface area contributed by atoms with Gasteiger partial charge in [-0.1, -0.05) is 6.07 Å². The van der Waals surface area contributed by atoms with E-state index in [1.54, 1.807) is 30.5 Å². The fourth-order valence-corrected chi connectivity index (χ4v) is 4.37. The van der Waals surface area contributed by atoms with E-state index in [0.29, 0.717) is 28.9 Å². The van der Waals surface area contributed by atoms with Crippen molar-refractivity contribution in [3.05, 3.63) is 36.5 Å². The van der Waals surface area contributed by atoms with E-state index in [0.717, 1.165) is 12.8 Å². The zero-order valence-corrected chi connectivity index (χ0v) is 11.9. The van der Waals surface area contributed by atoms with Crippen LogP contribution in [0.2, 0.25) is 0 Å². The molecule has 106 valence electrons. The third-order valence-electron chi connectivity index (χ3n) is 3.64. The van der Waals surface area contributed by atoms with E-state index in [1.165, 1.54) is 4.31 Å². The summed E-state index contributed by atoms with van der Waals surface area (Å²) in [6, 6.07) is 8.65. The van der Waals surface area contributed by atoms with Crippen LogP contribution in [0.3, 0.4) is 0 Å². The molecule has 0 aliphatic carbocycles. The molecule has 1 aliphatic rings. The molecule has 0 unspecified atom stereocenters. The van der Waals surface area contributed by atoms with Crippen LogP contribution in [0.15, 0.2) is 41.4 Å². The lowest BCUT2D eigenvalue weighted by Gasteiger charge is -2.30. The first kappa shape index (κ1) is 13.5. The Hall–Kier alpha value is -1.50. The summed E-state index contributed by atoms with van der Waals surface area (Å²) in [6.45, 7) is 0.922. The molecule has 2 N–H and O–H groups in total. The second-order valence-corrected chi connectivity index (χ2v) is 7.00. The molecule has 5 nitrogen and oxygen atoms in total. The fourth-order valence-electron chi connectivity index (χ4n) is 2.63. The molecule has 1 saturated heterocycles. The molecule has 0 amide bonds. The number of nitrogens with two attached hydrogens (primary N) is 1. The molecule has 0 spiro atoms. The van der Waals surface area contributed by atoms with E-state index < -0.39 is 10.0 Å². The summed E-state index contributed by atoms with van der Waals surface area (Å²) in [5.41, 5.74) is 6.58. The summed E-state index contributed by atoms with van der Waals surface area (Å²) in [4.78, 5) is 4.52. The third kappa shape index (κ3) is 2.30. The maximum atomic E-state index is 12.8. The minimum atomic E-state index is -3.51. The van der Waals surface area contributed by atoms with Gasteiger partial charge in [-0.15, -0.1) is 0 Å². The lowest BCUT2D eigenvalue weighted by Crippen LogP contribution is -2.45. The smallest absolute Gasteiger partial charge is 0.243 e. The molecule has 1 aliphatic heterocycles. The van der Waals surface area contributed by atoms with Gasteiger partial charge in [-0.3, -0.25) is 4.98 Å². The molecular formula is C14H17N3O2S. The van der Waals surface area contributed by atoms with E-state index in [4.69, 9.17) is 5.73 Å². The standard InChI is InChI=1S/C14H17N3O2S/c15-11-4-3-9-17(10-11)20(18,19)14-7-1-6-13-12(14)5-2-8-16-13/h1-2,5-8,11H,3-4,9-10,15H2/t11-/m1/s1. The largest absolute Gasteiger partial charge is 0.327 e. The zero-order valence-electron chi connectivity index (χ0n) is 11.1. The maximum Gasteiger partial charge on any atom is 0.243 e. The minimum absolute atomic E-state index is 0.0772. The molecule has 1 fully saturated rings. The highest BCUT2D eigenvalue weighted by Crippen LogP contribution is 2.26. The molecule has 2 aromatic rings. The van der Waals surface area contributed by atoms with Gasteiger partial charge in [0.2, 0.25) is 10.0 Å². The van der Waals surface area contributed by atoms with Gasteiger partial charge >= 0.3 is 0 Å². The number of aromatic nitrogens is 1. The Kier molecular flexibility index (Phi) is 3.45. The highest BCUT2D eigenvalue weighted by atomic mass is 32.2. The van der Waals surface area contributed by atoms with Crippen LogP contribution in [-0.2, 0) is 10.0 Å². The predicted molar refractivity (Wildman–Crippen MR) is 77.7 cm³/mol. The Morgan fingerprint density at radius 3 is 2.90 bits per heavy atom. The molecule has 1 aromatic heterocycles. The predicted octanol–water partition coefficient (Wildman–Crippen LogP) is 1.35. The molecule has 0 bridgehead atoms. The lowest BCUT2D eigenvalue weighted by molar-refractivity contribution is 0.316. The second kappa shape index (κ2) is 5.12. The minimum Gasteiger partial charge on any atom is -0.327 e. The van der Waals surface area contributed by atoms with Crippen molar-refractivity contribution in [1.29, 1.82) is 0 Å². The Balaban J connectivity index is 2.09. The molecule has 6 heteroatoms. The molecule has 1 atom stereocenters. The Morgan fingerprint density at radius 1 is 1.25 bits per heavy atom. The van der Waals surface area contributed by atoms with E-state index in [1.807, 2.05) is 6.07 Å². The monoisotopic (exact) mass is 291 g/mol. The summed E-state index contributed by atoms with van der Waals surface area (Å²) >= 11 is 0. The summed E-state index contributed by atoms with van der Waals surface area (Å²) in [5, 5.41) is 0.661. The number of benzene rings is 1. The van der Waals surface area contributed by atoms with Crippen LogP contribution >= 0.6 is 0 Å². The van der Waals surface area contributed by atoms with E-state index in [2.05, 4.69) is 4.98 Å². The lowest BCUT2D eigenvalue weighted by atomic mass is 10.1. The van der Waals surface area contributed by atoms with E-state index in [-0.39, 0.29) is 6.04 Å². The quantitative estimate of drug-likeness (QED) is 0.906. The number of hydrogen-bond donors (Lipinski definition) is 1. The average Bonchev–Trinajstić information content (AvgIpc) is 2.46. The van der Waals surface area contributed by atoms with Crippen molar-refractivity contribution in [2.45, 2.75) is 23.8 Å². The highest BCUT2D eigenvalue weighted by Gasteiger charge is 2.30. The Bertz CT molecular complexity index is 725. The van der Waals surface area contributed by atoms with Crippen LogP contribution in [-0.4, -0.2) is 36.8 Å². The number of sulfonamides is 1. The average molecular weight is 291 g/mol. The van der Waals surface area contributed by atoms with Crippen LogP contribution in [0, 0.1) is 0 Å². The first-order valence-corrected chi connectivity index (χ1v) is 8.12. The molecular weight excluding hydrogens is 274 g/mol. The number of hydrogen-bond acceptors (Lipinski definition) is 4. The zero-order chi connectivity index (χ0) is 14.2. The van der Waals surface area contributed by atoms with Gasteiger partial charge in [0.15, 0.2) is 0 Å². The van der Waals surface area contributed by atoms with Gasteiger partial charge in [0.1, 0.15) is 0 Å². The molecule has 0 saturated carbocycles. The Morgan fingerprint density at radius 2 is 2.10 bits per heavy atom. The van der Waals surface area contributed by atoms with Gasteiger partial charge in [0.05, 0.1) is 10.4 Å². The summed E-state index contributed by atoms with van der Waals surface area (Å²) < 4.78 is 27.1. The summed E-state index contributed by atoms with van der Waals surface area (Å²) in [6.07, 6.45) is 3.35. The number of fused-ring (bicyclic) bond motifs is 1. The fraction of sp³-hybridized carbons (Fsp3) is 0.357. The number of nitrogens with zero attached hydrogens (tertiary/aromatic N) is 2. The van der Waals surface area contributed by atoms with Gasteiger partial charge < -0.3 is 5.73 Å². The van der Waals surface area contributed by atoms with Crippen molar-refractivity contribution in [1.82, 2.24) is 9.29 Å². The van der Waals surface area contributed by atoms with Crippen LogP contribution in [0.5, 0.6) is 0 Å². The summed E-state index contributed by atoms with van der Waals surface area (Å²) in [5.74, 6) is 0. The highest BCUT2D eigenvalue weighted by molar-refractivity contribution is 7.89.